The summed E-state index contributed by atoms with van der Waals surface area (Å²) in [6, 6.07) is 11.4. The van der Waals surface area contributed by atoms with Crippen LogP contribution in [0.1, 0.15) is 22.3 Å². The van der Waals surface area contributed by atoms with E-state index in [0.717, 1.165) is 28.5 Å². The normalized spacial score (nSPS) is 10.8. The number of carbonyl (C=O) groups is 1. The maximum Gasteiger partial charge on any atom is 0.328 e. The van der Waals surface area contributed by atoms with Crippen LogP contribution in [0.25, 0.3) is 6.08 Å². The van der Waals surface area contributed by atoms with Crippen LogP contribution in [0.2, 0.25) is 0 Å². The highest BCUT2D eigenvalue weighted by Gasteiger charge is 2.06. The summed E-state index contributed by atoms with van der Waals surface area (Å²) in [5, 5.41) is 8.66. The third-order valence-electron chi connectivity index (χ3n) is 3.75. The summed E-state index contributed by atoms with van der Waals surface area (Å²) in [6.45, 7) is 7.01. The molecule has 0 amide bonds. The molecular weight excluding hydrogens is 304 g/mol. The van der Waals surface area contributed by atoms with Gasteiger partial charge in [0, 0.05) is 6.08 Å². The molecule has 0 heterocycles. The van der Waals surface area contributed by atoms with E-state index in [1.54, 1.807) is 6.07 Å². The van der Waals surface area contributed by atoms with Gasteiger partial charge in [-0.25, -0.2) is 4.79 Å². The summed E-state index contributed by atoms with van der Waals surface area (Å²) in [6.07, 6.45) is 2.64. The summed E-state index contributed by atoms with van der Waals surface area (Å²) in [7, 11) is 0. The van der Waals surface area contributed by atoms with Gasteiger partial charge in [-0.05, 0) is 61.2 Å². The standard InChI is InChI=1S/C20H22O4/c1-14-7-8-15(2)20(16(14)3)24-12-11-23-18-6-4-5-17(13-18)9-10-19(21)22/h4-10,13H,11-12H2,1-3H3,(H,21,22). The van der Waals surface area contributed by atoms with Crippen LogP contribution in [0.3, 0.4) is 0 Å². The Hall–Kier alpha value is -2.75. The molecule has 4 nitrogen and oxygen atoms in total. The van der Waals surface area contributed by atoms with Crippen molar-refractivity contribution >= 4 is 12.0 Å². The highest BCUT2D eigenvalue weighted by atomic mass is 16.5. The topological polar surface area (TPSA) is 55.8 Å². The van der Waals surface area contributed by atoms with Crippen LogP contribution in [0, 0.1) is 20.8 Å². The monoisotopic (exact) mass is 326 g/mol. The second-order valence-electron chi connectivity index (χ2n) is 5.59. The zero-order valence-corrected chi connectivity index (χ0v) is 14.2. The second kappa shape index (κ2) is 8.20. The van der Waals surface area contributed by atoms with Crippen molar-refractivity contribution < 1.29 is 19.4 Å². The van der Waals surface area contributed by atoms with E-state index in [-0.39, 0.29) is 0 Å². The number of benzene rings is 2. The van der Waals surface area contributed by atoms with Crippen LogP contribution in [0.5, 0.6) is 11.5 Å². The fourth-order valence-corrected chi connectivity index (χ4v) is 2.33. The number of rotatable bonds is 7. The third kappa shape index (κ3) is 4.88. The Morgan fingerprint density at radius 2 is 1.75 bits per heavy atom. The molecular formula is C20H22O4. The van der Waals surface area contributed by atoms with E-state index in [4.69, 9.17) is 14.6 Å². The number of aryl methyl sites for hydroxylation is 2. The van der Waals surface area contributed by atoms with Crippen molar-refractivity contribution in [2.24, 2.45) is 0 Å². The van der Waals surface area contributed by atoms with Gasteiger partial charge in [-0.15, -0.1) is 0 Å². The van der Waals surface area contributed by atoms with E-state index in [9.17, 15) is 4.79 Å². The Labute approximate surface area is 142 Å². The molecule has 2 aromatic carbocycles. The first kappa shape index (κ1) is 17.6. The summed E-state index contributed by atoms with van der Waals surface area (Å²) < 4.78 is 11.5. The highest BCUT2D eigenvalue weighted by Crippen LogP contribution is 2.25. The first-order valence-corrected chi connectivity index (χ1v) is 7.81. The van der Waals surface area contributed by atoms with Gasteiger partial charge in [0.2, 0.25) is 0 Å². The average molecular weight is 326 g/mol. The number of carboxylic acid groups (broad SMARTS) is 1. The highest BCUT2D eigenvalue weighted by molar-refractivity contribution is 5.85. The summed E-state index contributed by atoms with van der Waals surface area (Å²) in [5.41, 5.74) is 4.24. The van der Waals surface area contributed by atoms with Crippen molar-refractivity contribution in [1.29, 1.82) is 0 Å². The molecule has 0 spiro atoms. The number of hydrogen-bond donors (Lipinski definition) is 1. The van der Waals surface area contributed by atoms with Crippen LogP contribution in [0.15, 0.2) is 42.5 Å². The van der Waals surface area contributed by atoms with Gasteiger partial charge in [0.15, 0.2) is 0 Å². The fourth-order valence-electron chi connectivity index (χ4n) is 2.33. The number of hydrogen-bond acceptors (Lipinski definition) is 3. The van der Waals surface area contributed by atoms with E-state index >= 15 is 0 Å². The van der Waals surface area contributed by atoms with Gasteiger partial charge in [0.05, 0.1) is 0 Å². The van der Waals surface area contributed by atoms with E-state index in [0.29, 0.717) is 19.0 Å². The van der Waals surface area contributed by atoms with Crippen molar-refractivity contribution in [2.75, 3.05) is 13.2 Å². The lowest BCUT2D eigenvalue weighted by atomic mass is 10.1. The Morgan fingerprint density at radius 1 is 1.04 bits per heavy atom. The molecule has 2 aromatic rings. The maximum atomic E-state index is 10.5. The average Bonchev–Trinajstić information content (AvgIpc) is 2.56. The van der Waals surface area contributed by atoms with Gasteiger partial charge >= 0.3 is 5.97 Å². The van der Waals surface area contributed by atoms with Crippen molar-refractivity contribution in [3.05, 3.63) is 64.7 Å². The Morgan fingerprint density at radius 3 is 2.50 bits per heavy atom. The molecule has 0 aliphatic rings. The molecule has 0 aromatic heterocycles. The number of carboxylic acids is 1. The van der Waals surface area contributed by atoms with Gasteiger partial charge in [0.1, 0.15) is 24.7 Å². The van der Waals surface area contributed by atoms with Crippen LogP contribution in [0.4, 0.5) is 0 Å². The van der Waals surface area contributed by atoms with Crippen molar-refractivity contribution in [3.63, 3.8) is 0 Å². The Bertz CT molecular complexity index is 747. The summed E-state index contributed by atoms with van der Waals surface area (Å²) >= 11 is 0. The first-order valence-electron chi connectivity index (χ1n) is 7.81. The molecule has 0 radical (unpaired) electrons. The van der Waals surface area contributed by atoms with Crippen molar-refractivity contribution in [2.45, 2.75) is 20.8 Å². The van der Waals surface area contributed by atoms with E-state index in [1.807, 2.05) is 25.1 Å². The van der Waals surface area contributed by atoms with Gasteiger partial charge in [-0.3, -0.25) is 0 Å². The largest absolute Gasteiger partial charge is 0.490 e. The molecule has 4 heteroatoms. The van der Waals surface area contributed by atoms with Gasteiger partial charge in [0.25, 0.3) is 0 Å². The molecule has 0 saturated carbocycles. The lowest BCUT2D eigenvalue weighted by Gasteiger charge is -2.14. The van der Waals surface area contributed by atoms with Crippen LogP contribution >= 0.6 is 0 Å². The third-order valence-corrected chi connectivity index (χ3v) is 3.75. The molecule has 0 atom stereocenters. The quantitative estimate of drug-likeness (QED) is 0.613. The smallest absolute Gasteiger partial charge is 0.328 e. The van der Waals surface area contributed by atoms with E-state index in [1.165, 1.54) is 11.6 Å². The molecule has 2 rings (SSSR count). The predicted octanol–water partition coefficient (Wildman–Crippen LogP) is 4.17. The molecule has 1 N–H and O–H groups in total. The minimum atomic E-state index is -0.974. The van der Waals surface area contributed by atoms with Crippen molar-refractivity contribution in [3.8, 4) is 11.5 Å². The molecule has 0 fully saturated rings. The minimum Gasteiger partial charge on any atom is -0.490 e. The zero-order chi connectivity index (χ0) is 17.5. The SMILES string of the molecule is Cc1ccc(C)c(OCCOc2cccc(C=CC(=O)O)c2)c1C. The number of ether oxygens (including phenoxy) is 2. The Kier molecular flexibility index (Phi) is 6.01. The minimum absolute atomic E-state index is 0.416. The fraction of sp³-hybridized carbons (Fsp3) is 0.250. The van der Waals surface area contributed by atoms with Crippen LogP contribution < -0.4 is 9.47 Å². The molecule has 0 aliphatic carbocycles. The van der Waals surface area contributed by atoms with Gasteiger partial charge in [-0.2, -0.15) is 0 Å². The Balaban J connectivity index is 1.90. The molecule has 0 saturated heterocycles. The van der Waals surface area contributed by atoms with Crippen LogP contribution in [-0.2, 0) is 4.79 Å². The lowest BCUT2D eigenvalue weighted by Crippen LogP contribution is -2.10. The number of aliphatic carboxylic acids is 1. The predicted molar refractivity (Wildman–Crippen MR) is 94.8 cm³/mol. The van der Waals surface area contributed by atoms with E-state index in [2.05, 4.69) is 26.0 Å². The van der Waals surface area contributed by atoms with Crippen molar-refractivity contribution in [1.82, 2.24) is 0 Å². The second-order valence-corrected chi connectivity index (χ2v) is 5.59. The van der Waals surface area contributed by atoms with Crippen LogP contribution in [-0.4, -0.2) is 24.3 Å². The zero-order valence-electron chi connectivity index (χ0n) is 14.2. The van der Waals surface area contributed by atoms with Gasteiger partial charge < -0.3 is 14.6 Å². The lowest BCUT2D eigenvalue weighted by molar-refractivity contribution is -0.131. The first-order chi connectivity index (χ1) is 11.5. The van der Waals surface area contributed by atoms with E-state index < -0.39 is 5.97 Å². The molecule has 0 bridgehead atoms. The molecule has 0 unspecified atom stereocenters. The maximum absolute atomic E-state index is 10.5. The summed E-state index contributed by atoms with van der Waals surface area (Å²) in [5.74, 6) is 0.624. The molecule has 126 valence electrons. The van der Waals surface area contributed by atoms with Gasteiger partial charge in [-0.1, -0.05) is 24.3 Å². The molecule has 0 aliphatic heterocycles. The molecule has 24 heavy (non-hydrogen) atoms. The summed E-state index contributed by atoms with van der Waals surface area (Å²) in [4.78, 5) is 10.5.